The Morgan fingerprint density at radius 2 is 2.09 bits per heavy atom. The number of amides is 1. The number of anilines is 1. The summed E-state index contributed by atoms with van der Waals surface area (Å²) in [5.74, 6) is -0.0767. The average Bonchev–Trinajstić information content (AvgIpc) is 2.89. The molecule has 0 N–H and O–H groups in total. The maximum absolute atomic E-state index is 12.0. The number of hydrogen-bond donors (Lipinski definition) is 0. The molecule has 3 rings (SSSR count). The first kappa shape index (κ1) is 16.5. The number of sulfone groups is 1. The Kier molecular flexibility index (Phi) is 4.27. The van der Waals surface area contributed by atoms with Gasteiger partial charge < -0.3 is 4.90 Å². The Morgan fingerprint density at radius 1 is 1.35 bits per heavy atom. The van der Waals surface area contributed by atoms with Crippen LogP contribution in [0, 0.1) is 12.8 Å². The number of benzene rings is 1. The van der Waals surface area contributed by atoms with E-state index in [0.29, 0.717) is 5.17 Å². The van der Waals surface area contributed by atoms with Crippen LogP contribution >= 0.6 is 11.8 Å². The van der Waals surface area contributed by atoms with Gasteiger partial charge in [-0.3, -0.25) is 4.79 Å². The summed E-state index contributed by atoms with van der Waals surface area (Å²) < 4.78 is 24.0. The van der Waals surface area contributed by atoms with Crippen LogP contribution in [-0.2, 0) is 14.6 Å². The zero-order valence-electron chi connectivity index (χ0n) is 13.4. The van der Waals surface area contributed by atoms with Gasteiger partial charge in [-0.15, -0.1) is 0 Å². The molecule has 0 radical (unpaired) electrons. The number of thioether (sulfide) groups is 1. The number of aliphatic imine (C=N–C) groups is 1. The number of fused-ring (bicyclic) bond motifs is 1. The standard InChI is InChI=1S/C16H20N2O3S2/c1-10(2)15(19)17-16-18(12-6-4-5-11(3)7-12)13-8-23(20,21)9-14(13)22-16/h4-7,10,13-14H,8-9H2,1-3H3. The lowest BCUT2D eigenvalue weighted by atomic mass is 10.1. The third kappa shape index (κ3) is 3.30. The van der Waals surface area contributed by atoms with Crippen molar-refractivity contribution in [3.05, 3.63) is 29.8 Å². The van der Waals surface area contributed by atoms with E-state index in [1.165, 1.54) is 11.8 Å². The molecule has 124 valence electrons. The lowest BCUT2D eigenvalue weighted by Gasteiger charge is -2.25. The van der Waals surface area contributed by atoms with Crippen molar-refractivity contribution < 1.29 is 13.2 Å². The third-order valence-electron chi connectivity index (χ3n) is 4.05. The smallest absolute Gasteiger partial charge is 0.250 e. The molecule has 2 saturated heterocycles. The maximum atomic E-state index is 12.0. The van der Waals surface area contributed by atoms with E-state index in [1.807, 2.05) is 49.9 Å². The Morgan fingerprint density at radius 3 is 2.74 bits per heavy atom. The van der Waals surface area contributed by atoms with E-state index < -0.39 is 9.84 Å². The molecular weight excluding hydrogens is 332 g/mol. The summed E-state index contributed by atoms with van der Waals surface area (Å²) in [7, 11) is -3.03. The van der Waals surface area contributed by atoms with Crippen molar-refractivity contribution >= 4 is 38.4 Å². The lowest BCUT2D eigenvalue weighted by molar-refractivity contribution is -0.120. The van der Waals surface area contributed by atoms with Gasteiger partial charge in [0.05, 0.1) is 17.5 Å². The number of nitrogens with zero attached hydrogens (tertiary/aromatic N) is 2. The Hall–Kier alpha value is -1.34. The molecular formula is C16H20N2O3S2. The zero-order valence-corrected chi connectivity index (χ0v) is 15.0. The van der Waals surface area contributed by atoms with Gasteiger partial charge in [0.25, 0.3) is 5.91 Å². The minimum atomic E-state index is -3.03. The molecule has 5 nitrogen and oxygen atoms in total. The SMILES string of the molecule is Cc1cccc(N2C(=NC(=O)C(C)C)SC3CS(=O)(=O)CC32)c1. The van der Waals surface area contributed by atoms with Crippen LogP contribution in [0.4, 0.5) is 5.69 Å². The van der Waals surface area contributed by atoms with Crippen LogP contribution in [0.25, 0.3) is 0 Å². The normalized spacial score (nSPS) is 27.7. The Bertz CT molecular complexity index is 771. The number of carbonyl (C=O) groups excluding carboxylic acids is 1. The predicted molar refractivity (Wildman–Crippen MR) is 94.8 cm³/mol. The van der Waals surface area contributed by atoms with E-state index in [2.05, 4.69) is 4.99 Å². The van der Waals surface area contributed by atoms with Crippen LogP contribution in [0.15, 0.2) is 29.3 Å². The minimum absolute atomic E-state index is 0.0563. The van der Waals surface area contributed by atoms with Gasteiger partial charge in [0, 0.05) is 16.9 Å². The molecule has 0 aliphatic carbocycles. The van der Waals surface area contributed by atoms with E-state index >= 15 is 0 Å². The monoisotopic (exact) mass is 352 g/mol. The fourth-order valence-corrected chi connectivity index (χ4v) is 6.79. The predicted octanol–water partition coefficient (Wildman–Crippen LogP) is 2.25. The van der Waals surface area contributed by atoms with Crippen LogP contribution in [-0.4, -0.2) is 42.3 Å². The second-order valence-corrected chi connectivity index (χ2v) is 9.76. The first-order valence-electron chi connectivity index (χ1n) is 7.62. The van der Waals surface area contributed by atoms with Gasteiger partial charge in [-0.05, 0) is 24.6 Å². The van der Waals surface area contributed by atoms with Crippen molar-refractivity contribution in [3.8, 4) is 0 Å². The highest BCUT2D eigenvalue weighted by atomic mass is 32.2. The molecule has 0 saturated carbocycles. The van der Waals surface area contributed by atoms with E-state index in [-0.39, 0.29) is 34.6 Å². The van der Waals surface area contributed by atoms with Crippen molar-refractivity contribution in [2.24, 2.45) is 10.9 Å². The molecule has 1 aromatic rings. The van der Waals surface area contributed by atoms with Gasteiger partial charge in [-0.25, -0.2) is 8.42 Å². The largest absolute Gasteiger partial charge is 0.316 e. The summed E-state index contributed by atoms with van der Waals surface area (Å²) in [6, 6.07) is 7.73. The van der Waals surface area contributed by atoms with Gasteiger partial charge in [-0.2, -0.15) is 4.99 Å². The van der Waals surface area contributed by atoms with Crippen molar-refractivity contribution in [1.29, 1.82) is 0 Å². The fraction of sp³-hybridized carbons (Fsp3) is 0.500. The van der Waals surface area contributed by atoms with Crippen LogP contribution < -0.4 is 4.90 Å². The quantitative estimate of drug-likeness (QED) is 0.817. The third-order valence-corrected chi connectivity index (χ3v) is 7.26. The maximum Gasteiger partial charge on any atom is 0.250 e. The molecule has 1 amide bonds. The Labute approximate surface area is 141 Å². The van der Waals surface area contributed by atoms with E-state index in [9.17, 15) is 13.2 Å². The number of aryl methyl sites for hydroxylation is 1. The molecule has 0 bridgehead atoms. The Balaban J connectivity index is 2.02. The highest BCUT2D eigenvalue weighted by Crippen LogP contribution is 2.41. The van der Waals surface area contributed by atoms with E-state index in [1.54, 1.807) is 0 Å². The molecule has 2 aliphatic heterocycles. The van der Waals surface area contributed by atoms with Crippen molar-refractivity contribution in [1.82, 2.24) is 0 Å². The van der Waals surface area contributed by atoms with Gasteiger partial charge in [0.2, 0.25) is 0 Å². The zero-order chi connectivity index (χ0) is 16.8. The van der Waals surface area contributed by atoms with Crippen molar-refractivity contribution in [3.63, 3.8) is 0 Å². The topological polar surface area (TPSA) is 66.8 Å². The van der Waals surface area contributed by atoms with Crippen LogP contribution in [0.5, 0.6) is 0 Å². The summed E-state index contributed by atoms with van der Waals surface area (Å²) in [5.41, 5.74) is 1.99. The molecule has 2 heterocycles. The highest BCUT2D eigenvalue weighted by molar-refractivity contribution is 8.16. The van der Waals surface area contributed by atoms with Crippen LogP contribution in [0.3, 0.4) is 0 Å². The first-order valence-corrected chi connectivity index (χ1v) is 10.3. The lowest BCUT2D eigenvalue weighted by Crippen LogP contribution is -2.37. The number of rotatable bonds is 2. The molecule has 0 spiro atoms. The summed E-state index contributed by atoms with van der Waals surface area (Å²) >= 11 is 1.41. The van der Waals surface area contributed by atoms with Crippen molar-refractivity contribution in [2.75, 3.05) is 16.4 Å². The minimum Gasteiger partial charge on any atom is -0.316 e. The summed E-state index contributed by atoms with van der Waals surface area (Å²) in [6.45, 7) is 5.62. The molecule has 2 atom stereocenters. The average molecular weight is 352 g/mol. The van der Waals surface area contributed by atoms with Gasteiger partial charge in [0.1, 0.15) is 0 Å². The molecule has 2 fully saturated rings. The highest BCUT2D eigenvalue weighted by Gasteiger charge is 2.49. The molecule has 0 aromatic heterocycles. The van der Waals surface area contributed by atoms with E-state index in [0.717, 1.165) is 11.3 Å². The fourth-order valence-electron chi connectivity index (χ4n) is 2.87. The number of amidine groups is 1. The van der Waals surface area contributed by atoms with Gasteiger partial charge >= 0.3 is 0 Å². The van der Waals surface area contributed by atoms with Gasteiger partial charge in [-0.1, -0.05) is 37.7 Å². The summed E-state index contributed by atoms with van der Waals surface area (Å²) in [6.07, 6.45) is 0. The molecule has 2 unspecified atom stereocenters. The molecule has 23 heavy (non-hydrogen) atoms. The summed E-state index contributed by atoms with van der Waals surface area (Å²) in [4.78, 5) is 18.2. The first-order chi connectivity index (χ1) is 10.8. The van der Waals surface area contributed by atoms with Crippen LogP contribution in [0.2, 0.25) is 0 Å². The number of hydrogen-bond acceptors (Lipinski definition) is 4. The van der Waals surface area contributed by atoms with Crippen LogP contribution in [0.1, 0.15) is 19.4 Å². The molecule has 7 heteroatoms. The second-order valence-electron chi connectivity index (χ2n) is 6.40. The summed E-state index contributed by atoms with van der Waals surface area (Å²) in [5, 5.41) is 0.568. The van der Waals surface area contributed by atoms with E-state index in [4.69, 9.17) is 0 Å². The number of carbonyl (C=O) groups is 1. The molecule has 1 aromatic carbocycles. The second kappa shape index (κ2) is 5.94. The molecule has 2 aliphatic rings. The van der Waals surface area contributed by atoms with Gasteiger partial charge in [0.15, 0.2) is 15.0 Å². The van der Waals surface area contributed by atoms with Crippen molar-refractivity contribution in [2.45, 2.75) is 32.1 Å².